The van der Waals surface area contributed by atoms with Crippen LogP contribution in [0.3, 0.4) is 0 Å². The van der Waals surface area contributed by atoms with Crippen LogP contribution in [0.2, 0.25) is 0 Å². The molecule has 2 amide bonds. The zero-order chi connectivity index (χ0) is 23.3. The van der Waals surface area contributed by atoms with E-state index in [0.717, 1.165) is 36.8 Å². The van der Waals surface area contributed by atoms with Gasteiger partial charge in [-0.2, -0.15) is 0 Å². The number of rotatable bonds is 10. The first kappa shape index (κ1) is 24.3. The van der Waals surface area contributed by atoms with E-state index >= 15 is 0 Å². The third-order valence-electron chi connectivity index (χ3n) is 5.84. The van der Waals surface area contributed by atoms with Gasteiger partial charge in [-0.1, -0.05) is 73.5 Å². The number of hydrogen-bond acceptors (Lipinski definition) is 5. The van der Waals surface area contributed by atoms with Gasteiger partial charge in [-0.25, -0.2) is 4.79 Å². The third-order valence-corrected chi connectivity index (χ3v) is 5.84. The number of esters is 1. The lowest BCUT2D eigenvalue weighted by molar-refractivity contribution is -0.144. The maximum absolute atomic E-state index is 12.7. The van der Waals surface area contributed by atoms with Crippen molar-refractivity contribution in [3.05, 3.63) is 71.8 Å². The van der Waals surface area contributed by atoms with Crippen molar-refractivity contribution in [3.8, 4) is 0 Å². The SMILES string of the molecule is O=C(CCNC(=O)C1CCCCC1CNC(=O)OCc1ccccc1)OCc1ccccc1. The van der Waals surface area contributed by atoms with Gasteiger partial charge in [-0.15, -0.1) is 0 Å². The molecule has 1 fully saturated rings. The van der Waals surface area contributed by atoms with Crippen LogP contribution < -0.4 is 10.6 Å². The van der Waals surface area contributed by atoms with Crippen LogP contribution in [-0.2, 0) is 32.3 Å². The van der Waals surface area contributed by atoms with Gasteiger partial charge < -0.3 is 20.1 Å². The second-order valence-corrected chi connectivity index (χ2v) is 8.28. The molecule has 2 aromatic carbocycles. The Kier molecular flexibility index (Phi) is 9.76. The molecule has 0 aliphatic heterocycles. The summed E-state index contributed by atoms with van der Waals surface area (Å²) in [4.78, 5) is 36.7. The Bertz CT molecular complexity index is 888. The molecule has 176 valence electrons. The molecule has 33 heavy (non-hydrogen) atoms. The minimum Gasteiger partial charge on any atom is -0.461 e. The molecule has 1 aliphatic carbocycles. The quantitative estimate of drug-likeness (QED) is 0.532. The van der Waals surface area contributed by atoms with Crippen LogP contribution in [0.5, 0.6) is 0 Å². The van der Waals surface area contributed by atoms with Crippen LogP contribution >= 0.6 is 0 Å². The van der Waals surface area contributed by atoms with Gasteiger partial charge in [-0.3, -0.25) is 9.59 Å². The minimum absolute atomic E-state index is 0.0491. The highest BCUT2D eigenvalue weighted by atomic mass is 16.5. The van der Waals surface area contributed by atoms with Crippen LogP contribution in [0, 0.1) is 11.8 Å². The fourth-order valence-electron chi connectivity index (χ4n) is 4.01. The van der Waals surface area contributed by atoms with E-state index in [0.29, 0.717) is 6.54 Å². The topological polar surface area (TPSA) is 93.7 Å². The molecular weight excluding hydrogens is 420 g/mol. The smallest absolute Gasteiger partial charge is 0.407 e. The molecule has 0 aromatic heterocycles. The van der Waals surface area contributed by atoms with Gasteiger partial charge in [0.15, 0.2) is 0 Å². The molecule has 0 heterocycles. The number of benzene rings is 2. The summed E-state index contributed by atoms with van der Waals surface area (Å²) in [7, 11) is 0. The second-order valence-electron chi connectivity index (χ2n) is 8.28. The summed E-state index contributed by atoms with van der Waals surface area (Å²) in [5.41, 5.74) is 1.85. The first-order valence-corrected chi connectivity index (χ1v) is 11.5. The van der Waals surface area contributed by atoms with Crippen molar-refractivity contribution in [1.29, 1.82) is 0 Å². The van der Waals surface area contributed by atoms with Crippen LogP contribution in [0.15, 0.2) is 60.7 Å². The Balaban J connectivity index is 1.35. The summed E-state index contributed by atoms with van der Waals surface area (Å²) in [5, 5.41) is 5.66. The number of ether oxygens (including phenoxy) is 2. The number of alkyl carbamates (subject to hydrolysis) is 1. The number of hydrogen-bond donors (Lipinski definition) is 2. The summed E-state index contributed by atoms with van der Waals surface area (Å²) < 4.78 is 10.5. The Hall–Kier alpha value is -3.35. The molecule has 0 spiro atoms. The summed E-state index contributed by atoms with van der Waals surface area (Å²) in [6.45, 7) is 1.07. The molecule has 2 N–H and O–H groups in total. The van der Waals surface area contributed by atoms with Gasteiger partial charge >= 0.3 is 12.1 Å². The molecule has 0 saturated heterocycles. The van der Waals surface area contributed by atoms with Crippen molar-refractivity contribution in [2.45, 2.75) is 45.3 Å². The van der Waals surface area contributed by atoms with E-state index < -0.39 is 6.09 Å². The standard InChI is InChI=1S/C26H32N2O5/c29-24(32-18-20-9-3-1-4-10-20)15-16-27-25(30)23-14-8-7-13-22(23)17-28-26(31)33-19-21-11-5-2-6-12-21/h1-6,9-12,22-23H,7-8,13-19H2,(H,27,30)(H,28,31). The summed E-state index contributed by atoms with van der Waals surface area (Å²) in [6.07, 6.45) is 3.30. The lowest BCUT2D eigenvalue weighted by Gasteiger charge is -2.30. The minimum atomic E-state index is -0.482. The maximum Gasteiger partial charge on any atom is 0.407 e. The van der Waals surface area contributed by atoms with E-state index in [-0.39, 0.29) is 49.9 Å². The zero-order valence-electron chi connectivity index (χ0n) is 18.8. The highest BCUT2D eigenvalue weighted by Crippen LogP contribution is 2.29. The van der Waals surface area contributed by atoms with Crippen molar-refractivity contribution in [2.24, 2.45) is 11.8 Å². The molecule has 7 heteroatoms. The summed E-state index contributed by atoms with van der Waals surface area (Å²) in [5.74, 6) is -0.557. The molecule has 7 nitrogen and oxygen atoms in total. The average Bonchev–Trinajstić information content (AvgIpc) is 2.86. The molecule has 2 unspecified atom stereocenters. The Morgan fingerprint density at radius 3 is 2.06 bits per heavy atom. The molecule has 0 bridgehead atoms. The summed E-state index contributed by atoms with van der Waals surface area (Å²) >= 11 is 0. The predicted molar refractivity (Wildman–Crippen MR) is 124 cm³/mol. The monoisotopic (exact) mass is 452 g/mol. The Morgan fingerprint density at radius 1 is 0.788 bits per heavy atom. The van der Waals surface area contributed by atoms with E-state index in [4.69, 9.17) is 9.47 Å². The van der Waals surface area contributed by atoms with Crippen molar-refractivity contribution < 1.29 is 23.9 Å². The Labute approximate surface area is 194 Å². The van der Waals surface area contributed by atoms with Crippen molar-refractivity contribution in [3.63, 3.8) is 0 Å². The number of amides is 2. The number of nitrogens with one attached hydrogen (secondary N) is 2. The van der Waals surface area contributed by atoms with Crippen molar-refractivity contribution in [2.75, 3.05) is 13.1 Å². The van der Waals surface area contributed by atoms with E-state index in [1.807, 2.05) is 60.7 Å². The highest BCUT2D eigenvalue weighted by Gasteiger charge is 2.31. The predicted octanol–water partition coefficient (Wildman–Crippen LogP) is 3.97. The molecule has 3 rings (SSSR count). The van der Waals surface area contributed by atoms with E-state index in [2.05, 4.69) is 10.6 Å². The van der Waals surface area contributed by atoms with Crippen LogP contribution in [-0.4, -0.2) is 31.1 Å². The van der Waals surface area contributed by atoms with Gasteiger partial charge in [0.2, 0.25) is 5.91 Å². The zero-order valence-corrected chi connectivity index (χ0v) is 18.8. The van der Waals surface area contributed by atoms with E-state index in [9.17, 15) is 14.4 Å². The Morgan fingerprint density at radius 2 is 1.39 bits per heavy atom. The number of carbonyl (C=O) groups excluding carboxylic acids is 3. The van der Waals surface area contributed by atoms with Gasteiger partial charge in [0.05, 0.1) is 6.42 Å². The van der Waals surface area contributed by atoms with Crippen LogP contribution in [0.25, 0.3) is 0 Å². The van der Waals surface area contributed by atoms with Crippen LogP contribution in [0.1, 0.15) is 43.2 Å². The molecule has 2 aromatic rings. The summed E-state index contributed by atoms with van der Waals surface area (Å²) in [6, 6.07) is 19.0. The lowest BCUT2D eigenvalue weighted by Crippen LogP contribution is -2.42. The van der Waals surface area contributed by atoms with E-state index in [1.165, 1.54) is 0 Å². The van der Waals surface area contributed by atoms with Gasteiger partial charge in [0.25, 0.3) is 0 Å². The first-order valence-electron chi connectivity index (χ1n) is 11.5. The fraction of sp³-hybridized carbons (Fsp3) is 0.423. The second kappa shape index (κ2) is 13.3. The normalized spacial score (nSPS) is 17.6. The lowest BCUT2D eigenvalue weighted by atomic mass is 9.78. The first-order chi connectivity index (χ1) is 16.1. The molecule has 1 saturated carbocycles. The van der Waals surface area contributed by atoms with Crippen molar-refractivity contribution in [1.82, 2.24) is 10.6 Å². The highest BCUT2D eigenvalue weighted by molar-refractivity contribution is 5.80. The van der Waals surface area contributed by atoms with Gasteiger partial charge in [0, 0.05) is 19.0 Å². The van der Waals surface area contributed by atoms with Crippen molar-refractivity contribution >= 4 is 18.0 Å². The van der Waals surface area contributed by atoms with Crippen LogP contribution in [0.4, 0.5) is 4.79 Å². The molecule has 2 atom stereocenters. The number of carbonyl (C=O) groups is 3. The van der Waals surface area contributed by atoms with Gasteiger partial charge in [-0.05, 0) is 29.9 Å². The maximum atomic E-state index is 12.7. The fourth-order valence-corrected chi connectivity index (χ4v) is 4.01. The molecular formula is C26H32N2O5. The third kappa shape index (κ3) is 8.60. The van der Waals surface area contributed by atoms with E-state index in [1.54, 1.807) is 0 Å². The molecule has 0 radical (unpaired) electrons. The average molecular weight is 453 g/mol. The largest absolute Gasteiger partial charge is 0.461 e. The molecule has 1 aliphatic rings. The van der Waals surface area contributed by atoms with Gasteiger partial charge in [0.1, 0.15) is 13.2 Å².